The van der Waals surface area contributed by atoms with Crippen molar-refractivity contribution < 1.29 is 4.74 Å². The van der Waals surface area contributed by atoms with Crippen molar-refractivity contribution in [3.8, 4) is 23.2 Å². The van der Waals surface area contributed by atoms with Crippen molar-refractivity contribution in [3.63, 3.8) is 0 Å². The lowest BCUT2D eigenvalue weighted by molar-refractivity contribution is 0.387. The summed E-state index contributed by atoms with van der Waals surface area (Å²) < 4.78 is 6.61. The fourth-order valence-electron chi connectivity index (χ4n) is 2.53. The van der Waals surface area contributed by atoms with Gasteiger partial charge in [-0.05, 0) is 30.3 Å². The molecule has 126 valence electrons. The minimum absolute atomic E-state index is 0.429. The molecule has 8 nitrogen and oxygen atoms in total. The second-order valence-corrected chi connectivity index (χ2v) is 5.39. The molecule has 0 unspecified atom stereocenters. The maximum absolute atomic E-state index is 9.00. The topological polar surface area (TPSA) is 101 Å². The molecule has 3 heterocycles. The Labute approximate surface area is 148 Å². The van der Waals surface area contributed by atoms with Gasteiger partial charge in [0.25, 0.3) is 0 Å². The highest BCUT2D eigenvalue weighted by molar-refractivity contribution is 5.77. The smallest absolute Gasteiger partial charge is 0.233 e. The number of nitrogens with one attached hydrogen (secondary N) is 1. The van der Waals surface area contributed by atoms with E-state index in [-0.39, 0.29) is 0 Å². The largest absolute Gasteiger partial charge is 0.480 e. The standard InChI is InChI=1S/C18H13N7O/c1-26-17-6-5-16-14(11-21-25(16)24-17)15-7-8-20-18(23-15)22-13-4-2-3-12(9-13)10-19/h2-9,11H,1H3,(H,20,22,23). The lowest BCUT2D eigenvalue weighted by atomic mass is 10.2. The average Bonchev–Trinajstić information content (AvgIpc) is 3.11. The quantitative estimate of drug-likeness (QED) is 0.608. The SMILES string of the molecule is COc1ccc2c(-c3ccnc(Nc4cccc(C#N)c4)n3)cnn2n1. The van der Waals surface area contributed by atoms with Gasteiger partial charge in [0.05, 0.1) is 36.1 Å². The summed E-state index contributed by atoms with van der Waals surface area (Å²) in [6, 6.07) is 14.7. The number of methoxy groups -OCH3 is 1. The molecule has 4 rings (SSSR count). The van der Waals surface area contributed by atoms with Crippen LogP contribution in [0.15, 0.2) is 54.9 Å². The predicted octanol–water partition coefficient (Wildman–Crippen LogP) is 2.81. The number of nitriles is 1. The molecule has 0 fully saturated rings. The van der Waals surface area contributed by atoms with Gasteiger partial charge in [-0.15, -0.1) is 9.73 Å². The minimum atomic E-state index is 0.429. The molecule has 8 heteroatoms. The van der Waals surface area contributed by atoms with Crippen LogP contribution < -0.4 is 10.1 Å². The van der Waals surface area contributed by atoms with Crippen LogP contribution in [-0.4, -0.2) is 31.9 Å². The van der Waals surface area contributed by atoms with Crippen LogP contribution in [0.2, 0.25) is 0 Å². The van der Waals surface area contributed by atoms with Crippen molar-refractivity contribution in [1.29, 1.82) is 5.26 Å². The van der Waals surface area contributed by atoms with Gasteiger partial charge in [-0.2, -0.15) is 10.4 Å². The van der Waals surface area contributed by atoms with Gasteiger partial charge in [-0.3, -0.25) is 0 Å². The average molecular weight is 343 g/mol. The third-order valence-corrected chi connectivity index (χ3v) is 3.75. The van der Waals surface area contributed by atoms with Crippen molar-refractivity contribution >= 4 is 17.2 Å². The van der Waals surface area contributed by atoms with E-state index in [2.05, 4.69) is 31.6 Å². The molecule has 0 bridgehead atoms. The molecule has 0 aliphatic rings. The summed E-state index contributed by atoms with van der Waals surface area (Å²) in [5.41, 5.74) is 3.65. The molecule has 26 heavy (non-hydrogen) atoms. The fraction of sp³-hybridized carbons (Fsp3) is 0.0556. The molecule has 3 aromatic heterocycles. The van der Waals surface area contributed by atoms with E-state index in [0.29, 0.717) is 23.1 Å². The van der Waals surface area contributed by atoms with E-state index < -0.39 is 0 Å². The van der Waals surface area contributed by atoms with Gasteiger partial charge in [-0.25, -0.2) is 9.97 Å². The van der Waals surface area contributed by atoms with E-state index in [9.17, 15) is 0 Å². The Bertz CT molecular complexity index is 1130. The first-order valence-corrected chi connectivity index (χ1v) is 7.76. The Morgan fingerprint density at radius 2 is 2.12 bits per heavy atom. The van der Waals surface area contributed by atoms with Crippen LogP contribution in [0.3, 0.4) is 0 Å². The second kappa shape index (κ2) is 6.49. The zero-order valence-electron chi connectivity index (χ0n) is 13.8. The first-order valence-electron chi connectivity index (χ1n) is 7.76. The Morgan fingerprint density at radius 1 is 1.19 bits per heavy atom. The predicted molar refractivity (Wildman–Crippen MR) is 95.0 cm³/mol. The normalized spacial score (nSPS) is 10.5. The summed E-state index contributed by atoms with van der Waals surface area (Å²) in [5, 5.41) is 20.6. The number of rotatable bonds is 4. The first kappa shape index (κ1) is 15.5. The Balaban J connectivity index is 1.69. The summed E-state index contributed by atoms with van der Waals surface area (Å²) in [7, 11) is 1.56. The molecule has 0 aliphatic carbocycles. The van der Waals surface area contributed by atoms with Crippen LogP contribution >= 0.6 is 0 Å². The number of anilines is 2. The zero-order chi connectivity index (χ0) is 17.9. The third kappa shape index (κ3) is 2.89. The van der Waals surface area contributed by atoms with E-state index in [4.69, 9.17) is 10.00 Å². The number of ether oxygens (including phenoxy) is 1. The van der Waals surface area contributed by atoms with Crippen LogP contribution in [0.5, 0.6) is 5.88 Å². The van der Waals surface area contributed by atoms with E-state index in [1.807, 2.05) is 12.1 Å². The maximum atomic E-state index is 9.00. The summed E-state index contributed by atoms with van der Waals surface area (Å²) in [6.45, 7) is 0. The summed E-state index contributed by atoms with van der Waals surface area (Å²) in [4.78, 5) is 8.78. The van der Waals surface area contributed by atoms with Gasteiger partial charge < -0.3 is 10.1 Å². The summed E-state index contributed by atoms with van der Waals surface area (Å²) in [6.07, 6.45) is 3.36. The Kier molecular flexibility index (Phi) is 3.88. The van der Waals surface area contributed by atoms with E-state index in [1.165, 1.54) is 4.63 Å². The van der Waals surface area contributed by atoms with Crippen molar-refractivity contribution in [2.45, 2.75) is 0 Å². The number of nitrogens with zero attached hydrogens (tertiary/aromatic N) is 6. The zero-order valence-corrected chi connectivity index (χ0v) is 13.8. The fourth-order valence-corrected chi connectivity index (χ4v) is 2.53. The van der Waals surface area contributed by atoms with Gasteiger partial charge >= 0.3 is 0 Å². The highest BCUT2D eigenvalue weighted by atomic mass is 16.5. The van der Waals surface area contributed by atoms with E-state index >= 15 is 0 Å². The molecule has 0 aliphatic heterocycles. The van der Waals surface area contributed by atoms with Gasteiger partial charge in [-0.1, -0.05) is 6.07 Å². The number of aromatic nitrogens is 5. The highest BCUT2D eigenvalue weighted by Crippen LogP contribution is 2.24. The second-order valence-electron chi connectivity index (χ2n) is 5.39. The molecular weight excluding hydrogens is 330 g/mol. The van der Waals surface area contributed by atoms with Gasteiger partial charge in [0.15, 0.2) is 0 Å². The van der Waals surface area contributed by atoms with Crippen molar-refractivity contribution in [3.05, 3.63) is 60.4 Å². The van der Waals surface area contributed by atoms with E-state index in [1.54, 1.807) is 49.8 Å². The number of hydrogen-bond donors (Lipinski definition) is 1. The minimum Gasteiger partial charge on any atom is -0.480 e. The highest BCUT2D eigenvalue weighted by Gasteiger charge is 2.11. The van der Waals surface area contributed by atoms with Crippen LogP contribution in [0, 0.1) is 11.3 Å². The summed E-state index contributed by atoms with van der Waals surface area (Å²) in [5.74, 6) is 0.910. The van der Waals surface area contributed by atoms with Crippen LogP contribution in [0.25, 0.3) is 16.8 Å². The lowest BCUT2D eigenvalue weighted by Gasteiger charge is -2.06. The van der Waals surface area contributed by atoms with Crippen molar-refractivity contribution in [2.75, 3.05) is 12.4 Å². The molecule has 1 aromatic carbocycles. The van der Waals surface area contributed by atoms with Gasteiger partial charge in [0.2, 0.25) is 11.8 Å². The Hall–Kier alpha value is -3.99. The molecule has 0 amide bonds. The van der Waals surface area contributed by atoms with Gasteiger partial charge in [0.1, 0.15) is 0 Å². The van der Waals surface area contributed by atoms with E-state index in [0.717, 1.165) is 16.8 Å². The molecule has 4 aromatic rings. The van der Waals surface area contributed by atoms with Crippen molar-refractivity contribution in [2.24, 2.45) is 0 Å². The van der Waals surface area contributed by atoms with Crippen LogP contribution in [0.1, 0.15) is 5.56 Å². The summed E-state index contributed by atoms with van der Waals surface area (Å²) >= 11 is 0. The molecular formula is C18H13N7O. The maximum Gasteiger partial charge on any atom is 0.233 e. The Morgan fingerprint density at radius 3 is 2.96 bits per heavy atom. The molecule has 0 radical (unpaired) electrons. The van der Waals surface area contributed by atoms with Crippen LogP contribution in [0.4, 0.5) is 11.6 Å². The molecule has 0 spiro atoms. The molecule has 0 atom stereocenters. The van der Waals surface area contributed by atoms with Crippen LogP contribution in [-0.2, 0) is 0 Å². The monoisotopic (exact) mass is 343 g/mol. The molecule has 0 saturated heterocycles. The van der Waals surface area contributed by atoms with Crippen molar-refractivity contribution in [1.82, 2.24) is 24.8 Å². The molecule has 1 N–H and O–H groups in total. The number of fused-ring (bicyclic) bond motifs is 1. The molecule has 0 saturated carbocycles. The first-order chi connectivity index (χ1) is 12.8. The third-order valence-electron chi connectivity index (χ3n) is 3.75. The number of benzene rings is 1. The number of hydrogen-bond acceptors (Lipinski definition) is 7. The lowest BCUT2D eigenvalue weighted by Crippen LogP contribution is -1.98. The van der Waals surface area contributed by atoms with Gasteiger partial charge in [0, 0.05) is 23.5 Å².